The van der Waals surface area contributed by atoms with Gasteiger partial charge in [-0.05, 0) is 19.8 Å². The van der Waals surface area contributed by atoms with Gasteiger partial charge in [0.25, 0.3) is 0 Å². The minimum atomic E-state index is -0.0551. The molecule has 0 aromatic rings. The van der Waals surface area contributed by atoms with Crippen LogP contribution in [0.5, 0.6) is 0 Å². The molecule has 0 aromatic heterocycles. The van der Waals surface area contributed by atoms with Crippen LogP contribution < -0.4 is 5.32 Å². The van der Waals surface area contributed by atoms with E-state index in [1.54, 1.807) is 7.11 Å². The number of carbonyl (C=O) groups excluding carboxylic acids is 2. The first-order chi connectivity index (χ1) is 8.16. The lowest BCUT2D eigenvalue weighted by molar-refractivity contribution is -0.124. The maximum Gasteiger partial charge on any atom is 0.220 e. The predicted octanol–water partition coefficient (Wildman–Crippen LogP) is 0.915. The molecule has 1 amide bonds. The van der Waals surface area contributed by atoms with Gasteiger partial charge < -0.3 is 19.6 Å². The van der Waals surface area contributed by atoms with Gasteiger partial charge in [-0.25, -0.2) is 0 Å². The van der Waals surface area contributed by atoms with Gasteiger partial charge in [0.1, 0.15) is 5.78 Å². The van der Waals surface area contributed by atoms with E-state index in [1.807, 2.05) is 0 Å². The molecule has 0 fully saturated rings. The molecule has 0 saturated heterocycles. The molecule has 0 aliphatic rings. The van der Waals surface area contributed by atoms with Gasteiger partial charge in [-0.2, -0.15) is 0 Å². The van der Waals surface area contributed by atoms with Crippen LogP contribution in [0.25, 0.3) is 0 Å². The maximum atomic E-state index is 11.2. The highest BCUT2D eigenvalue weighted by Gasteiger charge is 2.02. The fourth-order valence-corrected chi connectivity index (χ4v) is 1.18. The average molecular weight is 245 g/mol. The number of ether oxygens (including phenoxy) is 2. The number of ketones is 1. The molecule has 0 spiro atoms. The summed E-state index contributed by atoms with van der Waals surface area (Å²) in [6.45, 7) is 4.05. The van der Waals surface area contributed by atoms with E-state index in [2.05, 4.69) is 5.32 Å². The standard InChI is InChI=1S/C12H23NO4/c1-11(14)5-6-12(15)13-7-3-4-8-17-10-9-16-2/h3-10H2,1-2H3,(H,13,15). The van der Waals surface area contributed by atoms with Gasteiger partial charge in [0.2, 0.25) is 5.91 Å². The second kappa shape index (κ2) is 11.5. The molecule has 0 aliphatic carbocycles. The zero-order valence-corrected chi connectivity index (χ0v) is 10.8. The molecule has 0 aliphatic heterocycles. The molecule has 17 heavy (non-hydrogen) atoms. The van der Waals surface area contributed by atoms with E-state index in [0.29, 0.717) is 39.2 Å². The first kappa shape index (κ1) is 16.1. The molecule has 5 heteroatoms. The van der Waals surface area contributed by atoms with Crippen LogP contribution >= 0.6 is 0 Å². The number of Topliss-reactive ketones (excluding diaryl/α,β-unsaturated/α-hetero) is 1. The summed E-state index contributed by atoms with van der Waals surface area (Å²) < 4.78 is 10.1. The summed E-state index contributed by atoms with van der Waals surface area (Å²) in [5.74, 6) is -0.00723. The van der Waals surface area contributed by atoms with Crippen molar-refractivity contribution in [3.8, 4) is 0 Å². The van der Waals surface area contributed by atoms with Crippen molar-refractivity contribution in [1.29, 1.82) is 0 Å². The summed E-state index contributed by atoms with van der Waals surface area (Å²) >= 11 is 0. The first-order valence-electron chi connectivity index (χ1n) is 5.99. The molecule has 0 atom stereocenters. The third-order valence-electron chi connectivity index (χ3n) is 2.17. The van der Waals surface area contributed by atoms with Crippen molar-refractivity contribution in [3.63, 3.8) is 0 Å². The molecule has 0 heterocycles. The summed E-state index contributed by atoms with van der Waals surface area (Å²) in [5, 5.41) is 2.77. The maximum absolute atomic E-state index is 11.2. The molecule has 1 N–H and O–H groups in total. The lowest BCUT2D eigenvalue weighted by Gasteiger charge is -2.05. The monoisotopic (exact) mass is 245 g/mol. The van der Waals surface area contributed by atoms with Crippen molar-refractivity contribution in [2.45, 2.75) is 32.6 Å². The number of hydrogen-bond donors (Lipinski definition) is 1. The smallest absolute Gasteiger partial charge is 0.220 e. The summed E-state index contributed by atoms with van der Waals surface area (Å²) in [6, 6.07) is 0. The predicted molar refractivity (Wildman–Crippen MR) is 64.9 cm³/mol. The Morgan fingerprint density at radius 2 is 1.82 bits per heavy atom. The Morgan fingerprint density at radius 3 is 2.47 bits per heavy atom. The third-order valence-corrected chi connectivity index (χ3v) is 2.17. The van der Waals surface area contributed by atoms with Gasteiger partial charge in [0, 0.05) is 33.1 Å². The largest absolute Gasteiger partial charge is 0.382 e. The number of hydrogen-bond acceptors (Lipinski definition) is 4. The summed E-state index contributed by atoms with van der Waals surface area (Å²) in [7, 11) is 1.64. The SMILES string of the molecule is COCCOCCCCNC(=O)CCC(C)=O. The van der Waals surface area contributed by atoms with Crippen LogP contribution in [0.1, 0.15) is 32.6 Å². The Bertz CT molecular complexity index is 219. The highest BCUT2D eigenvalue weighted by molar-refractivity contribution is 5.83. The third kappa shape index (κ3) is 13.0. The van der Waals surface area contributed by atoms with E-state index in [9.17, 15) is 9.59 Å². The summed E-state index contributed by atoms with van der Waals surface area (Å²) in [4.78, 5) is 21.9. The van der Waals surface area contributed by atoms with Crippen LogP contribution in [-0.2, 0) is 19.1 Å². The fourth-order valence-electron chi connectivity index (χ4n) is 1.18. The first-order valence-corrected chi connectivity index (χ1v) is 5.99. The highest BCUT2D eigenvalue weighted by atomic mass is 16.5. The summed E-state index contributed by atoms with van der Waals surface area (Å²) in [6.07, 6.45) is 2.42. The van der Waals surface area contributed by atoms with E-state index in [0.717, 1.165) is 12.8 Å². The van der Waals surface area contributed by atoms with E-state index < -0.39 is 0 Å². The molecule has 0 unspecified atom stereocenters. The number of unbranched alkanes of at least 4 members (excludes halogenated alkanes) is 1. The summed E-state index contributed by atoms with van der Waals surface area (Å²) in [5.41, 5.74) is 0. The van der Waals surface area contributed by atoms with Crippen molar-refractivity contribution in [2.24, 2.45) is 0 Å². The zero-order chi connectivity index (χ0) is 12.9. The molecule has 5 nitrogen and oxygen atoms in total. The van der Waals surface area contributed by atoms with Crippen LogP contribution in [0.3, 0.4) is 0 Å². The van der Waals surface area contributed by atoms with Gasteiger partial charge in [0.05, 0.1) is 13.2 Å². The second-order valence-electron chi connectivity index (χ2n) is 3.86. The van der Waals surface area contributed by atoms with Crippen LogP contribution in [0.2, 0.25) is 0 Å². The number of rotatable bonds is 11. The molecule has 0 bridgehead atoms. The van der Waals surface area contributed by atoms with Gasteiger partial charge in [-0.15, -0.1) is 0 Å². The molecule has 0 saturated carbocycles. The van der Waals surface area contributed by atoms with Crippen molar-refractivity contribution < 1.29 is 19.1 Å². The second-order valence-corrected chi connectivity index (χ2v) is 3.86. The minimum Gasteiger partial charge on any atom is -0.382 e. The quantitative estimate of drug-likeness (QED) is 0.550. The van der Waals surface area contributed by atoms with Crippen LogP contribution in [0.4, 0.5) is 0 Å². The fraction of sp³-hybridized carbons (Fsp3) is 0.833. The highest BCUT2D eigenvalue weighted by Crippen LogP contribution is 1.92. The molecule has 0 rings (SSSR count). The average Bonchev–Trinajstić information content (AvgIpc) is 2.30. The van der Waals surface area contributed by atoms with Crippen LogP contribution in [0.15, 0.2) is 0 Å². The van der Waals surface area contributed by atoms with Crippen LogP contribution in [-0.4, -0.2) is 45.2 Å². The Kier molecular flexibility index (Phi) is 10.9. The van der Waals surface area contributed by atoms with Crippen molar-refractivity contribution in [3.05, 3.63) is 0 Å². The van der Waals surface area contributed by atoms with Gasteiger partial charge in [-0.3, -0.25) is 4.79 Å². The zero-order valence-electron chi connectivity index (χ0n) is 10.8. The lowest BCUT2D eigenvalue weighted by atomic mass is 10.2. The number of amides is 1. The lowest BCUT2D eigenvalue weighted by Crippen LogP contribution is -2.24. The van der Waals surface area contributed by atoms with Gasteiger partial charge in [0.15, 0.2) is 0 Å². The van der Waals surface area contributed by atoms with E-state index >= 15 is 0 Å². The molecule has 0 aromatic carbocycles. The molecule has 100 valence electrons. The molecular formula is C12H23NO4. The Balaban J connectivity index is 3.16. The van der Waals surface area contributed by atoms with Crippen molar-refractivity contribution >= 4 is 11.7 Å². The van der Waals surface area contributed by atoms with Crippen LogP contribution in [0, 0.1) is 0 Å². The number of nitrogens with one attached hydrogen (secondary N) is 1. The number of methoxy groups -OCH3 is 1. The van der Waals surface area contributed by atoms with Crippen molar-refractivity contribution in [1.82, 2.24) is 5.32 Å². The van der Waals surface area contributed by atoms with E-state index in [-0.39, 0.29) is 11.7 Å². The topological polar surface area (TPSA) is 64.6 Å². The van der Waals surface area contributed by atoms with E-state index in [1.165, 1.54) is 6.92 Å². The van der Waals surface area contributed by atoms with Gasteiger partial charge >= 0.3 is 0 Å². The normalized spacial score (nSPS) is 10.2. The number of carbonyl (C=O) groups is 2. The Morgan fingerprint density at radius 1 is 1.06 bits per heavy atom. The Labute approximate surface area is 103 Å². The minimum absolute atomic E-state index is 0.0479. The Hall–Kier alpha value is -0.940. The molecular weight excluding hydrogens is 222 g/mol. The van der Waals surface area contributed by atoms with Crippen molar-refractivity contribution in [2.75, 3.05) is 33.5 Å². The van der Waals surface area contributed by atoms with E-state index in [4.69, 9.17) is 9.47 Å². The van der Waals surface area contributed by atoms with Gasteiger partial charge in [-0.1, -0.05) is 0 Å². The molecule has 0 radical (unpaired) electrons.